The maximum atomic E-state index is 12.1. The van der Waals surface area contributed by atoms with Crippen molar-refractivity contribution in [3.8, 4) is 0 Å². The molecule has 0 bridgehead atoms. The van der Waals surface area contributed by atoms with Crippen molar-refractivity contribution < 1.29 is 14.7 Å². The fraction of sp³-hybridized carbons (Fsp3) is 0.353. The second kappa shape index (κ2) is 7.37. The van der Waals surface area contributed by atoms with Crippen LogP contribution < -0.4 is 5.32 Å². The summed E-state index contributed by atoms with van der Waals surface area (Å²) in [5.41, 5.74) is 0.680. The van der Waals surface area contributed by atoms with E-state index in [2.05, 4.69) is 10.3 Å². The molecule has 0 saturated carbocycles. The zero-order valence-electron chi connectivity index (χ0n) is 13.2. The molecule has 0 saturated heterocycles. The summed E-state index contributed by atoms with van der Waals surface area (Å²) in [7, 11) is 0. The van der Waals surface area contributed by atoms with Gasteiger partial charge in [0.25, 0.3) is 5.91 Å². The number of hydrogen-bond acceptors (Lipinski definition) is 4. The Balaban J connectivity index is 1.88. The van der Waals surface area contributed by atoms with Crippen molar-refractivity contribution >= 4 is 23.2 Å². The highest BCUT2D eigenvalue weighted by Gasteiger charge is 2.26. The minimum absolute atomic E-state index is 0.262. The minimum Gasteiger partial charge on any atom is -0.481 e. The molecular weight excluding hydrogens is 312 g/mol. The largest absolute Gasteiger partial charge is 0.481 e. The summed E-state index contributed by atoms with van der Waals surface area (Å²) in [6.07, 6.45) is 1.07. The molecule has 2 aromatic rings. The molecule has 2 N–H and O–H groups in total. The fourth-order valence-electron chi connectivity index (χ4n) is 1.95. The molecule has 0 unspecified atom stereocenters. The van der Waals surface area contributed by atoms with Gasteiger partial charge in [-0.2, -0.15) is 0 Å². The normalized spacial score (nSPS) is 11.2. The maximum Gasteiger partial charge on any atom is 0.309 e. The first-order valence-corrected chi connectivity index (χ1v) is 8.26. The third-order valence-electron chi connectivity index (χ3n) is 3.60. The number of carboxylic acid groups (broad SMARTS) is 1. The zero-order valence-corrected chi connectivity index (χ0v) is 14.0. The average molecular weight is 332 g/mol. The highest BCUT2D eigenvalue weighted by atomic mass is 32.1. The van der Waals surface area contributed by atoms with Crippen molar-refractivity contribution in [3.63, 3.8) is 0 Å². The average Bonchev–Trinajstić information content (AvgIpc) is 2.96. The van der Waals surface area contributed by atoms with E-state index in [0.717, 1.165) is 10.6 Å². The van der Waals surface area contributed by atoms with Crippen LogP contribution >= 0.6 is 11.3 Å². The number of aliphatic carboxylic acids is 1. The van der Waals surface area contributed by atoms with Crippen LogP contribution in [0, 0.1) is 5.41 Å². The predicted molar refractivity (Wildman–Crippen MR) is 89.7 cm³/mol. The van der Waals surface area contributed by atoms with Crippen molar-refractivity contribution in [2.75, 3.05) is 6.54 Å². The summed E-state index contributed by atoms with van der Waals surface area (Å²) >= 11 is 1.45. The lowest BCUT2D eigenvalue weighted by molar-refractivity contribution is -0.147. The molecule has 122 valence electrons. The lowest BCUT2D eigenvalue weighted by Gasteiger charge is -2.18. The van der Waals surface area contributed by atoms with E-state index in [1.54, 1.807) is 19.2 Å². The summed E-state index contributed by atoms with van der Waals surface area (Å²) in [5.74, 6) is -1.13. The van der Waals surface area contributed by atoms with Gasteiger partial charge in [-0.3, -0.25) is 9.59 Å². The number of hydrogen-bond donors (Lipinski definition) is 2. The van der Waals surface area contributed by atoms with E-state index >= 15 is 0 Å². The van der Waals surface area contributed by atoms with Crippen LogP contribution in [0.4, 0.5) is 0 Å². The number of benzene rings is 1. The van der Waals surface area contributed by atoms with E-state index in [1.165, 1.54) is 11.3 Å². The van der Waals surface area contributed by atoms with Crippen molar-refractivity contribution in [2.24, 2.45) is 5.41 Å². The van der Waals surface area contributed by atoms with Gasteiger partial charge in [0.05, 0.1) is 10.4 Å². The van der Waals surface area contributed by atoms with Gasteiger partial charge in [-0.05, 0) is 25.8 Å². The van der Waals surface area contributed by atoms with Gasteiger partial charge in [0.15, 0.2) is 0 Å². The standard InChI is InChI=1S/C17H20N2O3S/c1-17(2,16(21)22)8-9-18-15(20)13-11-23-14(19-13)10-12-6-4-3-5-7-12/h3-7,11H,8-10H2,1-2H3,(H,18,20)(H,21,22). The number of carbonyl (C=O) groups is 2. The summed E-state index contributed by atoms with van der Waals surface area (Å²) in [5, 5.41) is 14.4. The number of thiazole rings is 1. The second-order valence-corrected chi connectivity index (χ2v) is 6.93. The molecule has 0 aliphatic heterocycles. The summed E-state index contributed by atoms with van der Waals surface area (Å²) < 4.78 is 0. The lowest BCUT2D eigenvalue weighted by atomic mass is 9.90. The highest BCUT2D eigenvalue weighted by Crippen LogP contribution is 2.19. The molecule has 0 aliphatic carbocycles. The van der Waals surface area contributed by atoms with Gasteiger partial charge in [-0.1, -0.05) is 30.3 Å². The number of nitrogens with zero attached hydrogens (tertiary/aromatic N) is 1. The Hall–Kier alpha value is -2.21. The van der Waals surface area contributed by atoms with Crippen LogP contribution in [0.25, 0.3) is 0 Å². The third-order valence-corrected chi connectivity index (χ3v) is 4.45. The third kappa shape index (κ3) is 4.89. The van der Waals surface area contributed by atoms with Crippen LogP contribution in [0.1, 0.15) is 41.3 Å². The van der Waals surface area contributed by atoms with Gasteiger partial charge in [-0.25, -0.2) is 4.98 Å². The Bertz CT molecular complexity index is 680. The number of carbonyl (C=O) groups excluding carboxylic acids is 1. The Kier molecular flexibility index (Phi) is 5.50. The Morgan fingerprint density at radius 2 is 1.96 bits per heavy atom. The smallest absolute Gasteiger partial charge is 0.309 e. The van der Waals surface area contributed by atoms with E-state index in [1.807, 2.05) is 30.3 Å². The Morgan fingerprint density at radius 1 is 1.26 bits per heavy atom. The first-order valence-electron chi connectivity index (χ1n) is 7.38. The van der Waals surface area contributed by atoms with Crippen LogP contribution in [-0.2, 0) is 11.2 Å². The highest BCUT2D eigenvalue weighted by molar-refractivity contribution is 7.09. The molecule has 6 heteroatoms. The van der Waals surface area contributed by atoms with Crippen molar-refractivity contribution in [1.82, 2.24) is 10.3 Å². The number of aromatic nitrogens is 1. The van der Waals surface area contributed by atoms with Crippen molar-refractivity contribution in [1.29, 1.82) is 0 Å². The molecular formula is C17H20N2O3S. The molecule has 1 amide bonds. The van der Waals surface area contributed by atoms with E-state index in [-0.39, 0.29) is 5.91 Å². The zero-order chi connectivity index (χ0) is 16.9. The van der Waals surface area contributed by atoms with Crippen LogP contribution in [0.3, 0.4) is 0 Å². The second-order valence-electron chi connectivity index (χ2n) is 5.98. The molecule has 0 radical (unpaired) electrons. The van der Waals surface area contributed by atoms with E-state index in [4.69, 9.17) is 5.11 Å². The van der Waals surface area contributed by atoms with Gasteiger partial charge in [0.2, 0.25) is 0 Å². The van der Waals surface area contributed by atoms with Gasteiger partial charge in [-0.15, -0.1) is 11.3 Å². The molecule has 2 rings (SSSR count). The van der Waals surface area contributed by atoms with Crippen molar-refractivity contribution in [2.45, 2.75) is 26.7 Å². The Labute approximate surface area is 139 Å². The minimum atomic E-state index is -0.870. The molecule has 23 heavy (non-hydrogen) atoms. The predicted octanol–water partition coefficient (Wildman–Crippen LogP) is 2.96. The van der Waals surface area contributed by atoms with E-state index in [9.17, 15) is 9.59 Å². The first-order chi connectivity index (χ1) is 10.9. The quantitative estimate of drug-likeness (QED) is 0.817. The summed E-state index contributed by atoms with van der Waals surface area (Å²) in [6, 6.07) is 9.95. The fourth-order valence-corrected chi connectivity index (χ4v) is 2.76. The number of carboxylic acids is 1. The molecule has 0 fully saturated rings. The number of rotatable bonds is 7. The Morgan fingerprint density at radius 3 is 2.61 bits per heavy atom. The SMILES string of the molecule is CC(C)(CCNC(=O)c1csc(Cc2ccccc2)n1)C(=O)O. The topological polar surface area (TPSA) is 79.3 Å². The van der Waals surface area contributed by atoms with Crippen molar-refractivity contribution in [3.05, 3.63) is 52.0 Å². The molecule has 0 atom stereocenters. The van der Waals surface area contributed by atoms with Gasteiger partial charge < -0.3 is 10.4 Å². The van der Waals surface area contributed by atoms with Crippen LogP contribution in [0.5, 0.6) is 0 Å². The van der Waals surface area contributed by atoms with Crippen LogP contribution in [0.2, 0.25) is 0 Å². The first kappa shape index (κ1) is 17.1. The summed E-state index contributed by atoms with van der Waals surface area (Å²) in [6.45, 7) is 3.59. The number of amides is 1. The van der Waals surface area contributed by atoms with Crippen LogP contribution in [-0.4, -0.2) is 28.5 Å². The lowest BCUT2D eigenvalue weighted by Crippen LogP contribution is -2.32. The molecule has 1 aromatic carbocycles. The maximum absolute atomic E-state index is 12.1. The van der Waals surface area contributed by atoms with E-state index in [0.29, 0.717) is 25.1 Å². The number of nitrogens with one attached hydrogen (secondary N) is 1. The molecule has 1 aromatic heterocycles. The monoisotopic (exact) mass is 332 g/mol. The van der Waals surface area contributed by atoms with Gasteiger partial charge in [0, 0.05) is 18.3 Å². The van der Waals surface area contributed by atoms with Crippen LogP contribution in [0.15, 0.2) is 35.7 Å². The molecule has 0 spiro atoms. The summed E-state index contributed by atoms with van der Waals surface area (Å²) in [4.78, 5) is 27.4. The van der Waals surface area contributed by atoms with Gasteiger partial charge in [0.1, 0.15) is 5.69 Å². The molecule has 5 nitrogen and oxygen atoms in total. The molecule has 0 aliphatic rings. The van der Waals surface area contributed by atoms with E-state index < -0.39 is 11.4 Å². The molecule has 1 heterocycles. The van der Waals surface area contributed by atoms with Gasteiger partial charge >= 0.3 is 5.97 Å².